The molecule has 0 radical (unpaired) electrons. The fourth-order valence-electron chi connectivity index (χ4n) is 2.58. The Morgan fingerprint density at radius 1 is 1.08 bits per heavy atom. The summed E-state index contributed by atoms with van der Waals surface area (Å²) in [7, 11) is 0. The number of amides is 1. The summed E-state index contributed by atoms with van der Waals surface area (Å²) < 4.78 is 37.7. The Bertz CT molecular complexity index is 774. The zero-order valence-corrected chi connectivity index (χ0v) is 13.3. The molecule has 2 aromatic rings. The van der Waals surface area contributed by atoms with Crippen LogP contribution in [0.5, 0.6) is 0 Å². The molecule has 1 fully saturated rings. The van der Waals surface area contributed by atoms with Crippen LogP contribution in [0.3, 0.4) is 0 Å². The molecule has 1 amide bonds. The molecule has 0 spiro atoms. The number of carbonyl (C=O) groups excluding carboxylic acids is 1. The first-order valence-electron chi connectivity index (χ1n) is 7.24. The monoisotopic (exact) mass is 357 g/mol. The number of aromatic nitrogens is 1. The van der Waals surface area contributed by atoms with Gasteiger partial charge in [0, 0.05) is 37.2 Å². The quantitative estimate of drug-likeness (QED) is 0.898. The van der Waals surface area contributed by atoms with Crippen molar-refractivity contribution in [2.45, 2.75) is 6.18 Å². The number of benzene rings is 1. The van der Waals surface area contributed by atoms with E-state index in [1.807, 2.05) is 4.90 Å². The largest absolute Gasteiger partial charge is 0.416 e. The molecule has 0 saturated carbocycles. The second kappa shape index (κ2) is 6.31. The van der Waals surface area contributed by atoms with Crippen LogP contribution in [0.25, 0.3) is 0 Å². The molecule has 9 heteroatoms. The maximum absolute atomic E-state index is 12.6. The first-order valence-corrected chi connectivity index (χ1v) is 8.12. The normalized spacial score (nSPS) is 15.6. The van der Waals surface area contributed by atoms with Gasteiger partial charge in [0.1, 0.15) is 5.69 Å². The minimum absolute atomic E-state index is 0.236. The maximum atomic E-state index is 12.6. The van der Waals surface area contributed by atoms with E-state index >= 15 is 0 Å². The van der Waals surface area contributed by atoms with Gasteiger partial charge in [-0.1, -0.05) is 11.3 Å². The number of piperazine rings is 1. The first-order chi connectivity index (χ1) is 11.3. The van der Waals surface area contributed by atoms with Crippen LogP contribution in [-0.2, 0) is 6.18 Å². The van der Waals surface area contributed by atoms with Crippen molar-refractivity contribution in [3.05, 3.63) is 50.6 Å². The SMILES string of the molecule is O=C(c1csc(=O)[nH]1)N1CCN(c2ccc(C(F)(F)F)cc2)CC1. The lowest BCUT2D eigenvalue weighted by molar-refractivity contribution is -0.137. The topological polar surface area (TPSA) is 56.4 Å². The molecule has 3 rings (SSSR count). The van der Waals surface area contributed by atoms with E-state index in [2.05, 4.69) is 4.98 Å². The number of H-pyrrole nitrogens is 1. The third kappa shape index (κ3) is 3.45. The van der Waals surface area contributed by atoms with E-state index in [0.29, 0.717) is 31.9 Å². The molecule has 24 heavy (non-hydrogen) atoms. The van der Waals surface area contributed by atoms with Crippen molar-refractivity contribution in [1.29, 1.82) is 0 Å². The van der Waals surface area contributed by atoms with Crippen LogP contribution in [0.15, 0.2) is 34.4 Å². The summed E-state index contributed by atoms with van der Waals surface area (Å²) in [4.78, 5) is 29.1. The molecule has 1 aromatic carbocycles. The molecule has 1 aliphatic rings. The minimum Gasteiger partial charge on any atom is -0.368 e. The van der Waals surface area contributed by atoms with E-state index in [-0.39, 0.29) is 16.5 Å². The number of nitrogens with one attached hydrogen (secondary N) is 1. The number of aromatic amines is 1. The standard InChI is InChI=1S/C15H14F3N3O2S/c16-15(17,18)10-1-3-11(4-2-10)20-5-7-21(8-6-20)13(22)12-9-24-14(23)19-12/h1-4,9H,5-8H2,(H,19,23). The summed E-state index contributed by atoms with van der Waals surface area (Å²) >= 11 is 0.936. The number of halogens is 3. The van der Waals surface area contributed by atoms with Crippen LogP contribution >= 0.6 is 11.3 Å². The summed E-state index contributed by atoms with van der Waals surface area (Å²) in [6.07, 6.45) is -4.35. The molecular weight excluding hydrogens is 343 g/mol. The van der Waals surface area contributed by atoms with Gasteiger partial charge in [0.15, 0.2) is 0 Å². The Kier molecular flexibility index (Phi) is 4.35. The first kappa shape index (κ1) is 16.6. The molecule has 0 atom stereocenters. The van der Waals surface area contributed by atoms with Gasteiger partial charge in [-0.25, -0.2) is 0 Å². The van der Waals surface area contributed by atoms with Crippen LogP contribution in [0.2, 0.25) is 0 Å². The maximum Gasteiger partial charge on any atom is 0.416 e. The van der Waals surface area contributed by atoms with Crippen LogP contribution in [-0.4, -0.2) is 42.0 Å². The predicted octanol–water partition coefficient (Wildman–Crippen LogP) is 2.42. The summed E-state index contributed by atoms with van der Waals surface area (Å²) in [5.41, 5.74) is 0.286. The van der Waals surface area contributed by atoms with E-state index in [1.165, 1.54) is 17.5 Å². The van der Waals surface area contributed by atoms with E-state index in [4.69, 9.17) is 0 Å². The van der Waals surface area contributed by atoms with Crippen molar-refractivity contribution < 1.29 is 18.0 Å². The van der Waals surface area contributed by atoms with Crippen LogP contribution in [0, 0.1) is 0 Å². The second-order valence-corrected chi connectivity index (χ2v) is 6.23. The Morgan fingerprint density at radius 2 is 1.71 bits per heavy atom. The van der Waals surface area contributed by atoms with Crippen LogP contribution in [0.4, 0.5) is 18.9 Å². The van der Waals surface area contributed by atoms with E-state index in [9.17, 15) is 22.8 Å². The van der Waals surface area contributed by atoms with Gasteiger partial charge < -0.3 is 14.8 Å². The molecule has 1 aliphatic heterocycles. The highest BCUT2D eigenvalue weighted by molar-refractivity contribution is 7.07. The molecular formula is C15H14F3N3O2S. The highest BCUT2D eigenvalue weighted by Gasteiger charge is 2.30. The van der Waals surface area contributed by atoms with Gasteiger partial charge >= 0.3 is 11.0 Å². The summed E-state index contributed by atoms with van der Waals surface area (Å²) in [6.45, 7) is 1.92. The van der Waals surface area contributed by atoms with Crippen molar-refractivity contribution in [2.75, 3.05) is 31.1 Å². The summed E-state index contributed by atoms with van der Waals surface area (Å²) in [5.74, 6) is -0.236. The van der Waals surface area contributed by atoms with Gasteiger partial charge in [0.25, 0.3) is 5.91 Å². The molecule has 128 valence electrons. The van der Waals surface area contributed by atoms with Crippen molar-refractivity contribution in [2.24, 2.45) is 0 Å². The highest BCUT2D eigenvalue weighted by Crippen LogP contribution is 2.30. The van der Waals surface area contributed by atoms with E-state index in [0.717, 1.165) is 23.5 Å². The Balaban J connectivity index is 1.62. The number of hydrogen-bond donors (Lipinski definition) is 1. The Hall–Kier alpha value is -2.29. The van der Waals surface area contributed by atoms with E-state index in [1.54, 1.807) is 4.90 Å². The molecule has 5 nitrogen and oxygen atoms in total. The predicted molar refractivity (Wildman–Crippen MR) is 84.5 cm³/mol. The molecule has 0 unspecified atom stereocenters. The summed E-state index contributed by atoms with van der Waals surface area (Å²) in [5, 5.41) is 1.49. The number of hydrogen-bond acceptors (Lipinski definition) is 4. The second-order valence-electron chi connectivity index (χ2n) is 5.39. The van der Waals surface area contributed by atoms with E-state index < -0.39 is 11.7 Å². The third-order valence-electron chi connectivity index (χ3n) is 3.88. The van der Waals surface area contributed by atoms with Crippen molar-refractivity contribution in [3.8, 4) is 0 Å². The van der Waals surface area contributed by atoms with Crippen LogP contribution in [0.1, 0.15) is 16.1 Å². The molecule has 1 aromatic heterocycles. The Morgan fingerprint density at radius 3 is 2.21 bits per heavy atom. The van der Waals surface area contributed by atoms with Gasteiger partial charge in [-0.05, 0) is 24.3 Å². The van der Waals surface area contributed by atoms with Crippen molar-refractivity contribution >= 4 is 22.9 Å². The molecule has 0 aliphatic carbocycles. The number of alkyl halides is 3. The Labute approximate surface area is 139 Å². The lowest BCUT2D eigenvalue weighted by Crippen LogP contribution is -2.49. The van der Waals surface area contributed by atoms with Crippen LogP contribution < -0.4 is 9.77 Å². The summed E-state index contributed by atoms with van der Waals surface area (Å²) in [6, 6.07) is 5.00. The van der Waals surface area contributed by atoms with Gasteiger partial charge in [-0.2, -0.15) is 13.2 Å². The number of carbonyl (C=O) groups is 1. The zero-order valence-electron chi connectivity index (χ0n) is 12.5. The van der Waals surface area contributed by atoms with Gasteiger partial charge in [-0.15, -0.1) is 0 Å². The average Bonchev–Trinajstić information content (AvgIpc) is 3.00. The minimum atomic E-state index is -4.35. The molecule has 0 bridgehead atoms. The molecule has 2 heterocycles. The number of anilines is 1. The number of nitrogens with zero attached hydrogens (tertiary/aromatic N) is 2. The highest BCUT2D eigenvalue weighted by atomic mass is 32.1. The average molecular weight is 357 g/mol. The van der Waals surface area contributed by atoms with Gasteiger partial charge in [0.2, 0.25) is 0 Å². The van der Waals surface area contributed by atoms with Crippen molar-refractivity contribution in [3.63, 3.8) is 0 Å². The smallest absolute Gasteiger partial charge is 0.368 e. The lowest BCUT2D eigenvalue weighted by Gasteiger charge is -2.36. The lowest BCUT2D eigenvalue weighted by atomic mass is 10.1. The van der Waals surface area contributed by atoms with Gasteiger partial charge in [0.05, 0.1) is 5.56 Å². The fourth-order valence-corrected chi connectivity index (χ4v) is 3.14. The number of thiazole rings is 1. The number of rotatable bonds is 2. The third-order valence-corrected chi connectivity index (χ3v) is 4.55. The fraction of sp³-hybridized carbons (Fsp3) is 0.333. The zero-order chi connectivity index (χ0) is 17.3. The molecule has 1 saturated heterocycles. The molecule has 1 N–H and O–H groups in total. The van der Waals surface area contributed by atoms with Crippen molar-refractivity contribution in [1.82, 2.24) is 9.88 Å². The van der Waals surface area contributed by atoms with Gasteiger partial charge in [-0.3, -0.25) is 9.59 Å².